The molecule has 0 aliphatic heterocycles. The van der Waals surface area contributed by atoms with Gasteiger partial charge in [0.25, 0.3) is 0 Å². The number of aromatic nitrogens is 2. The second-order valence-corrected chi connectivity index (χ2v) is 6.16. The van der Waals surface area contributed by atoms with E-state index < -0.39 is 0 Å². The lowest BCUT2D eigenvalue weighted by atomic mass is 10.2. The Kier molecular flexibility index (Phi) is 4.08. The quantitative estimate of drug-likeness (QED) is 0.751. The topological polar surface area (TPSA) is 37.8 Å². The van der Waals surface area contributed by atoms with Crippen LogP contribution in [0.25, 0.3) is 11.4 Å². The van der Waals surface area contributed by atoms with Crippen molar-refractivity contribution >= 4 is 33.0 Å². The van der Waals surface area contributed by atoms with E-state index in [1.54, 1.807) is 11.3 Å². The average molecular weight is 346 g/mol. The number of halogens is 1. The lowest BCUT2D eigenvalue weighted by Gasteiger charge is -2.05. The predicted octanol–water partition coefficient (Wildman–Crippen LogP) is 4.58. The number of nitrogens with one attached hydrogen (secondary N) is 1. The molecule has 20 heavy (non-hydrogen) atoms. The molecule has 0 unspecified atom stereocenters. The maximum Gasteiger partial charge on any atom is 0.159 e. The highest BCUT2D eigenvalue weighted by Crippen LogP contribution is 2.21. The second kappa shape index (κ2) is 6.15. The minimum atomic E-state index is 0.745. The van der Waals surface area contributed by atoms with Crippen LogP contribution in [0.15, 0.2) is 58.6 Å². The lowest BCUT2D eigenvalue weighted by molar-refractivity contribution is 1.12. The third-order valence-corrected chi connectivity index (χ3v) is 4.47. The fourth-order valence-corrected chi connectivity index (χ4v) is 3.18. The van der Waals surface area contributed by atoms with Gasteiger partial charge in [-0.25, -0.2) is 9.97 Å². The first-order chi connectivity index (χ1) is 9.81. The summed E-state index contributed by atoms with van der Waals surface area (Å²) >= 11 is 5.17. The first-order valence-corrected chi connectivity index (χ1v) is 7.83. The van der Waals surface area contributed by atoms with Gasteiger partial charge in [0, 0.05) is 26.8 Å². The summed E-state index contributed by atoms with van der Waals surface area (Å²) in [5, 5.41) is 5.39. The van der Waals surface area contributed by atoms with E-state index >= 15 is 0 Å². The maximum absolute atomic E-state index is 4.39. The zero-order chi connectivity index (χ0) is 13.8. The molecule has 0 saturated carbocycles. The average Bonchev–Trinajstić information content (AvgIpc) is 2.92. The summed E-state index contributed by atoms with van der Waals surface area (Å²) in [4.78, 5) is 10.0. The summed E-state index contributed by atoms with van der Waals surface area (Å²) in [6.45, 7) is 0.782. The predicted molar refractivity (Wildman–Crippen MR) is 86.8 cm³/mol. The van der Waals surface area contributed by atoms with Gasteiger partial charge in [-0.3, -0.25) is 0 Å². The summed E-state index contributed by atoms with van der Waals surface area (Å²) in [6, 6.07) is 12.1. The first kappa shape index (κ1) is 13.3. The largest absolute Gasteiger partial charge is 0.378 e. The Morgan fingerprint density at radius 2 is 1.85 bits per heavy atom. The molecule has 0 radical (unpaired) electrons. The van der Waals surface area contributed by atoms with Crippen molar-refractivity contribution in [3.63, 3.8) is 0 Å². The van der Waals surface area contributed by atoms with Gasteiger partial charge in [-0.15, -0.1) is 11.3 Å². The normalized spacial score (nSPS) is 10.4. The molecule has 0 aliphatic carbocycles. The van der Waals surface area contributed by atoms with Crippen LogP contribution in [0.4, 0.5) is 5.69 Å². The minimum absolute atomic E-state index is 0.745. The van der Waals surface area contributed by atoms with Crippen molar-refractivity contribution in [3.8, 4) is 11.4 Å². The van der Waals surface area contributed by atoms with Crippen molar-refractivity contribution in [2.45, 2.75) is 6.54 Å². The number of hydrogen-bond donors (Lipinski definition) is 1. The van der Waals surface area contributed by atoms with Crippen LogP contribution in [-0.2, 0) is 6.54 Å². The van der Waals surface area contributed by atoms with E-state index in [1.165, 1.54) is 4.88 Å². The zero-order valence-corrected chi connectivity index (χ0v) is 13.0. The Morgan fingerprint density at radius 3 is 2.50 bits per heavy atom. The van der Waals surface area contributed by atoms with Crippen LogP contribution in [0.2, 0.25) is 0 Å². The number of benzene rings is 1. The molecule has 0 saturated heterocycles. The third kappa shape index (κ3) is 3.23. The monoisotopic (exact) mass is 345 g/mol. The molecule has 3 nitrogen and oxygen atoms in total. The van der Waals surface area contributed by atoms with Crippen LogP contribution >= 0.6 is 27.3 Å². The molecule has 2 aromatic heterocycles. The Morgan fingerprint density at radius 1 is 1.10 bits per heavy atom. The Balaban J connectivity index is 1.67. The standard InChI is InChI=1S/C15H12BrN3S/c16-12-6-14(20-10-12)9-17-13-7-18-15(19-8-13)11-4-2-1-3-5-11/h1-8,10,17H,9H2. The molecule has 1 aromatic carbocycles. The minimum Gasteiger partial charge on any atom is -0.378 e. The number of anilines is 1. The highest BCUT2D eigenvalue weighted by molar-refractivity contribution is 9.10. The SMILES string of the molecule is Brc1csc(CNc2cnc(-c3ccccc3)nc2)c1. The van der Waals surface area contributed by atoms with Crippen molar-refractivity contribution in [1.82, 2.24) is 9.97 Å². The molecule has 1 N–H and O–H groups in total. The van der Waals surface area contributed by atoms with Gasteiger partial charge in [0.1, 0.15) is 0 Å². The summed E-state index contributed by atoms with van der Waals surface area (Å²) in [6.07, 6.45) is 3.63. The van der Waals surface area contributed by atoms with Gasteiger partial charge in [0.05, 0.1) is 18.1 Å². The summed E-state index contributed by atoms with van der Waals surface area (Å²) in [7, 11) is 0. The van der Waals surface area contributed by atoms with Gasteiger partial charge in [0.15, 0.2) is 5.82 Å². The van der Waals surface area contributed by atoms with E-state index in [0.29, 0.717) is 0 Å². The summed E-state index contributed by atoms with van der Waals surface area (Å²) in [5.41, 5.74) is 1.95. The Labute approximate surface area is 129 Å². The van der Waals surface area contributed by atoms with Gasteiger partial charge in [0.2, 0.25) is 0 Å². The second-order valence-electron chi connectivity index (χ2n) is 4.25. The maximum atomic E-state index is 4.39. The molecule has 0 amide bonds. The fourth-order valence-electron chi connectivity index (χ4n) is 1.79. The van der Waals surface area contributed by atoms with E-state index in [-0.39, 0.29) is 0 Å². The smallest absolute Gasteiger partial charge is 0.159 e. The molecule has 0 aliphatic rings. The fraction of sp³-hybridized carbons (Fsp3) is 0.0667. The van der Waals surface area contributed by atoms with Crippen LogP contribution in [0.3, 0.4) is 0 Å². The van der Waals surface area contributed by atoms with Crippen molar-refractivity contribution < 1.29 is 0 Å². The first-order valence-electron chi connectivity index (χ1n) is 6.15. The van der Waals surface area contributed by atoms with Crippen LogP contribution < -0.4 is 5.32 Å². The van der Waals surface area contributed by atoms with Crippen LogP contribution in [0.5, 0.6) is 0 Å². The molecule has 3 aromatic rings. The third-order valence-electron chi connectivity index (χ3n) is 2.77. The Hall–Kier alpha value is -1.72. The molecule has 0 atom stereocenters. The molecular formula is C15H12BrN3S. The lowest BCUT2D eigenvalue weighted by Crippen LogP contribution is -1.99. The summed E-state index contributed by atoms with van der Waals surface area (Å²) in [5.74, 6) is 0.745. The number of rotatable bonds is 4. The van der Waals surface area contributed by atoms with Crippen LogP contribution in [0, 0.1) is 0 Å². The molecule has 100 valence electrons. The molecule has 0 bridgehead atoms. The van der Waals surface area contributed by atoms with Crippen molar-refractivity contribution in [2.24, 2.45) is 0 Å². The molecule has 0 spiro atoms. The highest BCUT2D eigenvalue weighted by Gasteiger charge is 2.01. The van der Waals surface area contributed by atoms with E-state index in [4.69, 9.17) is 0 Å². The molecule has 5 heteroatoms. The van der Waals surface area contributed by atoms with Gasteiger partial charge in [-0.05, 0) is 22.0 Å². The van der Waals surface area contributed by atoms with E-state index in [0.717, 1.165) is 28.1 Å². The summed E-state index contributed by atoms with van der Waals surface area (Å²) < 4.78 is 1.12. The van der Waals surface area contributed by atoms with Gasteiger partial charge < -0.3 is 5.32 Å². The van der Waals surface area contributed by atoms with Crippen LogP contribution in [0.1, 0.15) is 4.88 Å². The molecule has 2 heterocycles. The van der Waals surface area contributed by atoms with Crippen LogP contribution in [-0.4, -0.2) is 9.97 Å². The number of thiophene rings is 1. The highest BCUT2D eigenvalue weighted by atomic mass is 79.9. The van der Waals surface area contributed by atoms with Crippen molar-refractivity contribution in [1.29, 1.82) is 0 Å². The van der Waals surface area contributed by atoms with Crippen molar-refractivity contribution in [2.75, 3.05) is 5.32 Å². The number of hydrogen-bond acceptors (Lipinski definition) is 4. The van der Waals surface area contributed by atoms with Gasteiger partial charge in [-0.2, -0.15) is 0 Å². The Bertz CT molecular complexity index is 680. The van der Waals surface area contributed by atoms with Crippen molar-refractivity contribution in [3.05, 3.63) is 63.5 Å². The van der Waals surface area contributed by atoms with Gasteiger partial charge >= 0.3 is 0 Å². The van der Waals surface area contributed by atoms with Gasteiger partial charge in [-0.1, -0.05) is 30.3 Å². The molecule has 0 fully saturated rings. The van der Waals surface area contributed by atoms with E-state index in [2.05, 4.69) is 42.7 Å². The zero-order valence-electron chi connectivity index (χ0n) is 10.6. The van der Waals surface area contributed by atoms with E-state index in [1.807, 2.05) is 42.7 Å². The molecule has 3 rings (SSSR count). The van der Waals surface area contributed by atoms with E-state index in [9.17, 15) is 0 Å². The molecular weight excluding hydrogens is 334 g/mol. The number of nitrogens with zero attached hydrogens (tertiary/aromatic N) is 2.